The maximum absolute atomic E-state index is 11.4. The first kappa shape index (κ1) is 15.2. The van der Waals surface area contributed by atoms with Crippen LogP contribution in [0.5, 0.6) is 0 Å². The third-order valence-electron chi connectivity index (χ3n) is 2.13. The number of nitro groups is 1. The van der Waals surface area contributed by atoms with Gasteiger partial charge in [0.25, 0.3) is 0 Å². The highest BCUT2D eigenvalue weighted by Crippen LogP contribution is 2.23. The monoisotopic (exact) mass is 286 g/mol. The summed E-state index contributed by atoms with van der Waals surface area (Å²) in [6, 6.07) is 2.67. The number of halogens is 1. The molecular formula is C11H15ClN4O3. The van der Waals surface area contributed by atoms with E-state index in [2.05, 4.69) is 15.6 Å². The fourth-order valence-electron chi connectivity index (χ4n) is 1.39. The molecule has 104 valence electrons. The first-order valence-corrected chi connectivity index (χ1v) is 6.12. The molecule has 0 aliphatic heterocycles. The number of aromatic nitrogens is 1. The van der Waals surface area contributed by atoms with Crippen molar-refractivity contribution in [3.8, 4) is 0 Å². The number of anilines is 1. The summed E-state index contributed by atoms with van der Waals surface area (Å²) in [6.07, 6.45) is 0.198. The molecule has 0 saturated heterocycles. The summed E-state index contributed by atoms with van der Waals surface area (Å²) in [7, 11) is 0. The molecular weight excluding hydrogens is 272 g/mol. The van der Waals surface area contributed by atoms with Gasteiger partial charge in [0.1, 0.15) is 5.15 Å². The first-order chi connectivity index (χ1) is 8.90. The Labute approximate surface area is 115 Å². The molecule has 2 N–H and O–H groups in total. The smallest absolute Gasteiger partial charge is 0.311 e. The molecule has 0 unspecified atom stereocenters. The van der Waals surface area contributed by atoms with Crippen LogP contribution in [0.15, 0.2) is 12.1 Å². The van der Waals surface area contributed by atoms with E-state index in [1.807, 2.05) is 13.8 Å². The van der Waals surface area contributed by atoms with E-state index in [4.69, 9.17) is 11.6 Å². The standard InChI is InChI=1S/C11H15ClN4O3/c1-7(2)14-10(17)5-6-13-11-8(16(18)19)3-4-9(12)15-11/h3-4,7H,5-6H2,1-2H3,(H,13,15)(H,14,17). The van der Waals surface area contributed by atoms with Gasteiger partial charge in [-0.05, 0) is 19.9 Å². The average Bonchev–Trinajstić information content (AvgIpc) is 2.27. The van der Waals surface area contributed by atoms with Crippen molar-refractivity contribution in [2.75, 3.05) is 11.9 Å². The summed E-state index contributed by atoms with van der Waals surface area (Å²) in [4.78, 5) is 25.5. The normalized spacial score (nSPS) is 10.3. The van der Waals surface area contributed by atoms with Crippen LogP contribution in [0.2, 0.25) is 5.15 Å². The Morgan fingerprint density at radius 3 is 2.79 bits per heavy atom. The van der Waals surface area contributed by atoms with Crippen molar-refractivity contribution in [2.45, 2.75) is 26.3 Å². The van der Waals surface area contributed by atoms with Crippen LogP contribution in [0, 0.1) is 10.1 Å². The topological polar surface area (TPSA) is 97.2 Å². The van der Waals surface area contributed by atoms with E-state index in [-0.39, 0.29) is 41.6 Å². The highest BCUT2D eigenvalue weighted by atomic mass is 35.5. The van der Waals surface area contributed by atoms with Gasteiger partial charge in [0.15, 0.2) is 0 Å². The molecule has 8 heteroatoms. The molecule has 0 aromatic carbocycles. The number of carbonyl (C=O) groups excluding carboxylic acids is 1. The lowest BCUT2D eigenvalue weighted by Crippen LogP contribution is -2.31. The molecule has 0 spiro atoms. The maximum atomic E-state index is 11.4. The summed E-state index contributed by atoms with van der Waals surface area (Å²) in [6.45, 7) is 3.95. The lowest BCUT2D eigenvalue weighted by molar-refractivity contribution is -0.384. The highest BCUT2D eigenvalue weighted by Gasteiger charge is 2.15. The Hall–Kier alpha value is -1.89. The number of rotatable bonds is 6. The molecule has 0 radical (unpaired) electrons. The van der Waals surface area contributed by atoms with E-state index in [0.29, 0.717) is 0 Å². The Balaban J connectivity index is 2.60. The summed E-state index contributed by atoms with van der Waals surface area (Å²) in [5, 5.41) is 16.4. The van der Waals surface area contributed by atoms with Gasteiger partial charge in [-0.1, -0.05) is 11.6 Å². The molecule has 0 saturated carbocycles. The number of hydrogen-bond acceptors (Lipinski definition) is 5. The Morgan fingerprint density at radius 2 is 2.21 bits per heavy atom. The predicted octanol–water partition coefficient (Wildman–Crippen LogP) is 1.97. The Bertz CT molecular complexity index is 479. The van der Waals surface area contributed by atoms with Crippen LogP contribution in [0.4, 0.5) is 11.5 Å². The van der Waals surface area contributed by atoms with Crippen molar-refractivity contribution in [1.82, 2.24) is 10.3 Å². The summed E-state index contributed by atoms with van der Waals surface area (Å²) < 4.78 is 0. The van der Waals surface area contributed by atoms with Crippen LogP contribution in [0.3, 0.4) is 0 Å². The van der Waals surface area contributed by atoms with Crippen molar-refractivity contribution in [2.24, 2.45) is 0 Å². The Morgan fingerprint density at radius 1 is 1.53 bits per heavy atom. The summed E-state index contributed by atoms with van der Waals surface area (Å²) in [5.41, 5.74) is -0.173. The van der Waals surface area contributed by atoms with E-state index < -0.39 is 4.92 Å². The number of hydrogen-bond donors (Lipinski definition) is 2. The number of pyridine rings is 1. The minimum atomic E-state index is -0.556. The van der Waals surface area contributed by atoms with Crippen LogP contribution in [0.25, 0.3) is 0 Å². The molecule has 1 aromatic rings. The fourth-order valence-corrected chi connectivity index (χ4v) is 1.54. The maximum Gasteiger partial charge on any atom is 0.311 e. The van der Waals surface area contributed by atoms with E-state index in [1.165, 1.54) is 12.1 Å². The number of nitrogens with zero attached hydrogens (tertiary/aromatic N) is 2. The lowest BCUT2D eigenvalue weighted by Gasteiger charge is -2.09. The number of carbonyl (C=O) groups is 1. The zero-order valence-electron chi connectivity index (χ0n) is 10.6. The van der Waals surface area contributed by atoms with Crippen molar-refractivity contribution in [3.63, 3.8) is 0 Å². The third-order valence-corrected chi connectivity index (χ3v) is 2.34. The molecule has 7 nitrogen and oxygen atoms in total. The molecule has 1 rings (SSSR count). The van der Waals surface area contributed by atoms with E-state index in [9.17, 15) is 14.9 Å². The second-order valence-electron chi connectivity index (χ2n) is 4.16. The predicted molar refractivity (Wildman–Crippen MR) is 72.3 cm³/mol. The second kappa shape index (κ2) is 6.89. The van der Waals surface area contributed by atoms with Gasteiger partial charge in [0.2, 0.25) is 11.7 Å². The van der Waals surface area contributed by atoms with Crippen LogP contribution in [-0.2, 0) is 4.79 Å². The summed E-state index contributed by atoms with van der Waals surface area (Å²) in [5.74, 6) is -0.0676. The highest BCUT2D eigenvalue weighted by molar-refractivity contribution is 6.29. The average molecular weight is 287 g/mol. The van der Waals surface area contributed by atoms with Crippen LogP contribution >= 0.6 is 11.6 Å². The SMILES string of the molecule is CC(C)NC(=O)CCNc1nc(Cl)ccc1[N+](=O)[O-]. The third kappa shape index (κ3) is 5.09. The zero-order chi connectivity index (χ0) is 14.4. The second-order valence-corrected chi connectivity index (χ2v) is 4.55. The van der Waals surface area contributed by atoms with Gasteiger partial charge in [-0.15, -0.1) is 0 Å². The van der Waals surface area contributed by atoms with Gasteiger partial charge < -0.3 is 10.6 Å². The van der Waals surface area contributed by atoms with Gasteiger partial charge in [-0.2, -0.15) is 0 Å². The van der Waals surface area contributed by atoms with E-state index in [1.54, 1.807) is 0 Å². The van der Waals surface area contributed by atoms with Gasteiger partial charge >= 0.3 is 5.69 Å². The first-order valence-electron chi connectivity index (χ1n) is 5.74. The van der Waals surface area contributed by atoms with Crippen molar-refractivity contribution in [3.05, 3.63) is 27.4 Å². The van der Waals surface area contributed by atoms with Crippen LogP contribution in [-0.4, -0.2) is 28.4 Å². The van der Waals surface area contributed by atoms with Crippen LogP contribution in [0.1, 0.15) is 20.3 Å². The van der Waals surface area contributed by atoms with E-state index in [0.717, 1.165) is 0 Å². The quantitative estimate of drug-likeness (QED) is 0.473. The molecule has 19 heavy (non-hydrogen) atoms. The van der Waals surface area contributed by atoms with Crippen molar-refractivity contribution < 1.29 is 9.72 Å². The Kier molecular flexibility index (Phi) is 5.50. The van der Waals surface area contributed by atoms with Gasteiger partial charge in [0, 0.05) is 25.1 Å². The minimum Gasteiger partial charge on any atom is -0.364 e. The van der Waals surface area contributed by atoms with Gasteiger partial charge in [0.05, 0.1) is 4.92 Å². The lowest BCUT2D eigenvalue weighted by atomic mass is 10.3. The number of amides is 1. The summed E-state index contributed by atoms with van der Waals surface area (Å²) >= 11 is 5.68. The fraction of sp³-hybridized carbons (Fsp3) is 0.455. The minimum absolute atomic E-state index is 0.0612. The molecule has 0 fully saturated rings. The molecule has 0 aliphatic rings. The zero-order valence-corrected chi connectivity index (χ0v) is 11.4. The van der Waals surface area contributed by atoms with Crippen molar-refractivity contribution in [1.29, 1.82) is 0 Å². The molecule has 1 aromatic heterocycles. The van der Waals surface area contributed by atoms with Gasteiger partial charge in [-0.3, -0.25) is 14.9 Å². The van der Waals surface area contributed by atoms with Crippen LogP contribution < -0.4 is 10.6 Å². The van der Waals surface area contributed by atoms with Crippen molar-refractivity contribution >= 4 is 29.0 Å². The number of nitrogens with one attached hydrogen (secondary N) is 2. The molecule has 1 amide bonds. The molecule has 0 atom stereocenters. The molecule has 1 heterocycles. The molecule has 0 bridgehead atoms. The van der Waals surface area contributed by atoms with E-state index >= 15 is 0 Å². The van der Waals surface area contributed by atoms with Gasteiger partial charge in [-0.25, -0.2) is 4.98 Å². The largest absolute Gasteiger partial charge is 0.364 e. The molecule has 0 aliphatic carbocycles.